The summed E-state index contributed by atoms with van der Waals surface area (Å²) in [4.78, 5) is 36.8. The first-order valence-corrected chi connectivity index (χ1v) is 6.53. The Morgan fingerprint density at radius 1 is 1.47 bits per heavy atom. The van der Waals surface area contributed by atoms with Crippen molar-refractivity contribution in [2.75, 3.05) is 6.54 Å². The van der Waals surface area contributed by atoms with Gasteiger partial charge in [-0.2, -0.15) is 0 Å². The largest absolute Gasteiger partial charge is 0.477 e. The number of piperazine rings is 1. The van der Waals surface area contributed by atoms with Crippen LogP contribution in [0.3, 0.4) is 0 Å². The van der Waals surface area contributed by atoms with Gasteiger partial charge in [-0.3, -0.25) is 19.8 Å². The van der Waals surface area contributed by atoms with Crippen LogP contribution in [0.4, 0.5) is 0 Å². The number of hydrogen-bond donors (Lipinski definition) is 2. The Morgan fingerprint density at radius 2 is 2.16 bits per heavy atom. The Morgan fingerprint density at radius 3 is 2.74 bits per heavy atom. The van der Waals surface area contributed by atoms with Crippen LogP contribution in [0.2, 0.25) is 0 Å². The minimum atomic E-state index is -0.969. The number of rotatable bonds is 3. The first-order valence-electron chi connectivity index (χ1n) is 5.72. The summed E-state index contributed by atoms with van der Waals surface area (Å²) >= 11 is 1.15. The maximum Gasteiger partial charge on any atom is 0.345 e. The lowest BCUT2D eigenvalue weighted by Crippen LogP contribution is -2.63. The van der Waals surface area contributed by atoms with E-state index in [1.807, 2.05) is 0 Å². The van der Waals surface area contributed by atoms with Crippen molar-refractivity contribution < 1.29 is 19.5 Å². The van der Waals surface area contributed by atoms with E-state index in [1.54, 1.807) is 24.8 Å². The molecular weight excluding hydrogens is 268 g/mol. The molecule has 2 heterocycles. The van der Waals surface area contributed by atoms with Gasteiger partial charge in [-0.05, 0) is 26.0 Å². The van der Waals surface area contributed by atoms with E-state index >= 15 is 0 Å². The monoisotopic (exact) mass is 282 g/mol. The van der Waals surface area contributed by atoms with E-state index in [0.717, 1.165) is 16.2 Å². The minimum absolute atomic E-state index is 0.124. The van der Waals surface area contributed by atoms with E-state index in [9.17, 15) is 14.4 Å². The predicted molar refractivity (Wildman–Crippen MR) is 68.9 cm³/mol. The van der Waals surface area contributed by atoms with Gasteiger partial charge in [0.05, 0.1) is 12.1 Å². The van der Waals surface area contributed by atoms with Gasteiger partial charge in [0.1, 0.15) is 4.88 Å². The second-order valence-electron chi connectivity index (χ2n) is 4.86. The van der Waals surface area contributed by atoms with Crippen LogP contribution in [0.15, 0.2) is 12.1 Å². The van der Waals surface area contributed by atoms with Gasteiger partial charge in [-0.1, -0.05) is 0 Å². The van der Waals surface area contributed by atoms with Gasteiger partial charge in [-0.15, -0.1) is 11.3 Å². The van der Waals surface area contributed by atoms with Crippen LogP contribution in [0.5, 0.6) is 0 Å². The number of carboxylic acids is 1. The summed E-state index contributed by atoms with van der Waals surface area (Å²) in [5.41, 5.74) is -0.790. The quantitative estimate of drug-likeness (QED) is 0.796. The third-order valence-electron chi connectivity index (χ3n) is 3.15. The van der Waals surface area contributed by atoms with Gasteiger partial charge >= 0.3 is 5.97 Å². The normalized spacial score (nSPS) is 19.3. The van der Waals surface area contributed by atoms with Crippen molar-refractivity contribution in [3.8, 4) is 0 Å². The van der Waals surface area contributed by atoms with Crippen LogP contribution in [-0.4, -0.2) is 39.9 Å². The second-order valence-corrected chi connectivity index (χ2v) is 6.03. The molecule has 7 heteroatoms. The minimum Gasteiger partial charge on any atom is -0.477 e. The number of imide groups is 1. The number of amides is 2. The summed E-state index contributed by atoms with van der Waals surface area (Å²) in [5, 5.41) is 11.2. The third kappa shape index (κ3) is 2.66. The fraction of sp³-hybridized carbons (Fsp3) is 0.417. The molecule has 1 fully saturated rings. The maximum atomic E-state index is 11.8. The molecule has 1 aromatic heterocycles. The molecule has 2 rings (SSSR count). The molecule has 19 heavy (non-hydrogen) atoms. The first kappa shape index (κ1) is 13.7. The highest BCUT2D eigenvalue weighted by molar-refractivity contribution is 7.13. The molecule has 0 radical (unpaired) electrons. The lowest BCUT2D eigenvalue weighted by atomic mass is 9.98. The number of carboxylic acid groups (broad SMARTS) is 1. The number of nitrogens with one attached hydrogen (secondary N) is 1. The molecule has 2 N–H and O–H groups in total. The van der Waals surface area contributed by atoms with E-state index in [0.29, 0.717) is 6.54 Å². The van der Waals surface area contributed by atoms with Gasteiger partial charge in [0.2, 0.25) is 11.8 Å². The number of nitrogens with zero attached hydrogens (tertiary/aromatic N) is 1. The van der Waals surface area contributed by atoms with E-state index < -0.39 is 11.5 Å². The predicted octanol–water partition coefficient (Wildman–Crippen LogP) is 0.683. The molecule has 6 nitrogen and oxygen atoms in total. The molecule has 1 saturated heterocycles. The fourth-order valence-corrected chi connectivity index (χ4v) is 2.72. The lowest BCUT2D eigenvalue weighted by molar-refractivity contribution is -0.145. The van der Waals surface area contributed by atoms with Crippen LogP contribution in [0, 0.1) is 0 Å². The van der Waals surface area contributed by atoms with Crippen LogP contribution < -0.4 is 5.32 Å². The zero-order valence-corrected chi connectivity index (χ0v) is 11.4. The SMILES string of the molecule is CC1(C)C(=O)NC(=O)CN1Cc1ccc(C(=O)O)s1. The molecule has 1 aliphatic heterocycles. The summed E-state index contributed by atoms with van der Waals surface area (Å²) < 4.78 is 0. The van der Waals surface area contributed by atoms with Gasteiger partial charge < -0.3 is 5.11 Å². The Hall–Kier alpha value is -1.73. The fourth-order valence-electron chi connectivity index (χ4n) is 1.85. The van der Waals surface area contributed by atoms with Crippen molar-refractivity contribution in [2.45, 2.75) is 25.9 Å². The zero-order chi connectivity index (χ0) is 14.2. The summed E-state index contributed by atoms with van der Waals surface area (Å²) in [6.07, 6.45) is 0. The lowest BCUT2D eigenvalue weighted by Gasteiger charge is -2.39. The van der Waals surface area contributed by atoms with E-state index in [4.69, 9.17) is 5.11 Å². The van der Waals surface area contributed by atoms with E-state index in [2.05, 4.69) is 5.32 Å². The smallest absolute Gasteiger partial charge is 0.345 e. The first-order chi connectivity index (χ1) is 8.80. The summed E-state index contributed by atoms with van der Waals surface area (Å²) in [7, 11) is 0. The molecule has 0 atom stereocenters. The van der Waals surface area contributed by atoms with E-state index in [-0.39, 0.29) is 23.2 Å². The second kappa shape index (κ2) is 4.75. The van der Waals surface area contributed by atoms with Crippen LogP contribution in [-0.2, 0) is 16.1 Å². The maximum absolute atomic E-state index is 11.8. The topological polar surface area (TPSA) is 86.7 Å². The molecule has 0 aromatic carbocycles. The molecule has 1 aliphatic rings. The van der Waals surface area contributed by atoms with Crippen molar-refractivity contribution in [2.24, 2.45) is 0 Å². The molecular formula is C12H14N2O4S. The zero-order valence-electron chi connectivity index (χ0n) is 10.6. The number of thiophene rings is 1. The van der Waals surface area contributed by atoms with Crippen LogP contribution in [0.1, 0.15) is 28.4 Å². The average molecular weight is 282 g/mol. The highest BCUT2D eigenvalue weighted by Crippen LogP contribution is 2.24. The highest BCUT2D eigenvalue weighted by atomic mass is 32.1. The summed E-state index contributed by atoms with van der Waals surface area (Å²) in [5.74, 6) is -1.64. The Bertz CT molecular complexity index is 550. The van der Waals surface area contributed by atoms with Crippen molar-refractivity contribution in [3.05, 3.63) is 21.9 Å². The number of aromatic carboxylic acids is 1. The van der Waals surface area contributed by atoms with Crippen molar-refractivity contribution in [1.82, 2.24) is 10.2 Å². The Kier molecular flexibility index (Phi) is 3.42. The molecule has 0 bridgehead atoms. The highest BCUT2D eigenvalue weighted by Gasteiger charge is 2.40. The molecule has 0 spiro atoms. The Labute approximate surface area is 114 Å². The Balaban J connectivity index is 2.18. The molecule has 2 amide bonds. The number of hydrogen-bond acceptors (Lipinski definition) is 5. The van der Waals surface area contributed by atoms with Crippen molar-refractivity contribution >= 4 is 29.1 Å². The summed E-state index contributed by atoms with van der Waals surface area (Å²) in [6.45, 7) is 3.98. The summed E-state index contributed by atoms with van der Waals surface area (Å²) in [6, 6.07) is 3.24. The van der Waals surface area contributed by atoms with Crippen LogP contribution >= 0.6 is 11.3 Å². The van der Waals surface area contributed by atoms with Gasteiger partial charge in [0.25, 0.3) is 0 Å². The van der Waals surface area contributed by atoms with Gasteiger partial charge in [0, 0.05) is 11.4 Å². The standard InChI is InChI=1S/C12H14N2O4S/c1-12(2)11(18)13-9(15)6-14(12)5-7-3-4-8(19-7)10(16)17/h3-4H,5-6H2,1-2H3,(H,16,17)(H,13,15,18). The molecule has 0 unspecified atom stereocenters. The van der Waals surface area contributed by atoms with Gasteiger partial charge in [-0.25, -0.2) is 4.79 Å². The third-order valence-corrected chi connectivity index (χ3v) is 4.21. The number of carbonyl (C=O) groups excluding carboxylic acids is 2. The molecule has 0 saturated carbocycles. The van der Waals surface area contributed by atoms with Crippen molar-refractivity contribution in [1.29, 1.82) is 0 Å². The average Bonchev–Trinajstić information content (AvgIpc) is 2.74. The molecule has 0 aliphatic carbocycles. The molecule has 102 valence electrons. The number of carbonyl (C=O) groups is 3. The van der Waals surface area contributed by atoms with Crippen LogP contribution in [0.25, 0.3) is 0 Å². The van der Waals surface area contributed by atoms with Gasteiger partial charge in [0.15, 0.2) is 0 Å². The van der Waals surface area contributed by atoms with E-state index in [1.165, 1.54) is 6.07 Å². The molecule has 1 aromatic rings. The van der Waals surface area contributed by atoms with Crippen molar-refractivity contribution in [3.63, 3.8) is 0 Å².